The Morgan fingerprint density at radius 2 is 2.04 bits per heavy atom. The number of aliphatic carboxylic acids is 1. The highest BCUT2D eigenvalue weighted by molar-refractivity contribution is 6.33. The van der Waals surface area contributed by atoms with Crippen molar-refractivity contribution in [2.75, 3.05) is 5.32 Å². The first-order chi connectivity index (χ1) is 11.0. The van der Waals surface area contributed by atoms with Crippen molar-refractivity contribution < 1.29 is 14.7 Å². The molecule has 0 radical (unpaired) electrons. The third-order valence-electron chi connectivity index (χ3n) is 3.24. The Hall–Kier alpha value is -2.86. The summed E-state index contributed by atoms with van der Waals surface area (Å²) in [6, 6.07) is 12.0. The van der Waals surface area contributed by atoms with Gasteiger partial charge in [-0.15, -0.1) is 0 Å². The van der Waals surface area contributed by atoms with E-state index in [1.54, 1.807) is 53.1 Å². The molecule has 2 aromatic heterocycles. The SMILES string of the molecule is O=C(O)Cc1cccc(NC(=O)c2c(Cl)nc3ccccn23)c1. The molecule has 0 saturated carbocycles. The van der Waals surface area contributed by atoms with Crippen LogP contribution in [0.25, 0.3) is 5.65 Å². The van der Waals surface area contributed by atoms with Crippen molar-refractivity contribution in [3.63, 3.8) is 0 Å². The van der Waals surface area contributed by atoms with Crippen molar-refractivity contribution in [3.8, 4) is 0 Å². The van der Waals surface area contributed by atoms with E-state index in [-0.39, 0.29) is 17.3 Å². The maximum Gasteiger partial charge on any atom is 0.307 e. The summed E-state index contributed by atoms with van der Waals surface area (Å²) in [6.45, 7) is 0. The van der Waals surface area contributed by atoms with Crippen molar-refractivity contribution >= 4 is 34.8 Å². The predicted octanol–water partition coefficient (Wildman–Crippen LogP) is 2.87. The van der Waals surface area contributed by atoms with Crippen molar-refractivity contribution in [1.29, 1.82) is 0 Å². The highest BCUT2D eigenvalue weighted by atomic mass is 35.5. The molecule has 7 heteroatoms. The van der Waals surface area contributed by atoms with E-state index in [2.05, 4.69) is 10.3 Å². The van der Waals surface area contributed by atoms with Crippen molar-refractivity contribution in [3.05, 3.63) is 65.1 Å². The maximum absolute atomic E-state index is 12.5. The minimum Gasteiger partial charge on any atom is -0.481 e. The molecular formula is C16H12ClN3O3. The van der Waals surface area contributed by atoms with E-state index in [4.69, 9.17) is 16.7 Å². The lowest BCUT2D eigenvalue weighted by molar-refractivity contribution is -0.136. The summed E-state index contributed by atoms with van der Waals surface area (Å²) in [5.74, 6) is -1.35. The number of carbonyl (C=O) groups is 2. The number of amides is 1. The van der Waals surface area contributed by atoms with Gasteiger partial charge in [0, 0.05) is 11.9 Å². The van der Waals surface area contributed by atoms with Crippen LogP contribution in [0, 0.1) is 0 Å². The average Bonchev–Trinajstić information content (AvgIpc) is 2.82. The van der Waals surface area contributed by atoms with Crippen LogP contribution in [0.5, 0.6) is 0 Å². The first-order valence-electron chi connectivity index (χ1n) is 6.79. The van der Waals surface area contributed by atoms with Gasteiger partial charge in [-0.25, -0.2) is 4.98 Å². The third-order valence-corrected chi connectivity index (χ3v) is 3.51. The van der Waals surface area contributed by atoms with Gasteiger partial charge in [0.05, 0.1) is 6.42 Å². The summed E-state index contributed by atoms with van der Waals surface area (Å²) in [5, 5.41) is 11.6. The van der Waals surface area contributed by atoms with Gasteiger partial charge in [0.15, 0.2) is 10.8 Å². The number of fused-ring (bicyclic) bond motifs is 1. The molecule has 0 aliphatic heterocycles. The number of imidazole rings is 1. The first kappa shape index (κ1) is 15.1. The summed E-state index contributed by atoms with van der Waals surface area (Å²) >= 11 is 6.06. The first-order valence-corrected chi connectivity index (χ1v) is 7.17. The highest BCUT2D eigenvalue weighted by Crippen LogP contribution is 2.20. The Bertz CT molecular complexity index is 904. The van der Waals surface area contributed by atoms with Gasteiger partial charge in [-0.05, 0) is 29.8 Å². The summed E-state index contributed by atoms with van der Waals surface area (Å²) in [6.07, 6.45) is 1.59. The number of nitrogens with one attached hydrogen (secondary N) is 1. The molecule has 6 nitrogen and oxygen atoms in total. The van der Waals surface area contributed by atoms with E-state index in [0.717, 1.165) is 0 Å². The van der Waals surface area contributed by atoms with Gasteiger partial charge in [-0.2, -0.15) is 0 Å². The highest BCUT2D eigenvalue weighted by Gasteiger charge is 2.18. The number of carbonyl (C=O) groups excluding carboxylic acids is 1. The second kappa shape index (κ2) is 6.10. The van der Waals surface area contributed by atoms with E-state index in [0.29, 0.717) is 16.9 Å². The minimum absolute atomic E-state index is 0.107. The van der Waals surface area contributed by atoms with Gasteiger partial charge in [0.25, 0.3) is 5.91 Å². The van der Waals surface area contributed by atoms with E-state index in [9.17, 15) is 9.59 Å². The number of aromatic nitrogens is 2. The Labute approximate surface area is 136 Å². The molecular weight excluding hydrogens is 318 g/mol. The zero-order valence-corrected chi connectivity index (χ0v) is 12.6. The van der Waals surface area contributed by atoms with E-state index in [1.807, 2.05) is 0 Å². The molecule has 2 N–H and O–H groups in total. The molecule has 3 aromatic rings. The van der Waals surface area contributed by atoms with Gasteiger partial charge in [0.2, 0.25) is 0 Å². The largest absolute Gasteiger partial charge is 0.481 e. The van der Waals surface area contributed by atoms with Crippen molar-refractivity contribution in [2.45, 2.75) is 6.42 Å². The smallest absolute Gasteiger partial charge is 0.307 e. The molecule has 0 aliphatic carbocycles. The van der Waals surface area contributed by atoms with E-state index < -0.39 is 11.9 Å². The quantitative estimate of drug-likeness (QED) is 0.771. The van der Waals surface area contributed by atoms with Gasteiger partial charge >= 0.3 is 5.97 Å². The molecule has 0 bridgehead atoms. The summed E-state index contributed by atoms with van der Waals surface area (Å²) in [5.41, 5.74) is 1.89. The molecule has 23 heavy (non-hydrogen) atoms. The van der Waals surface area contributed by atoms with Crippen LogP contribution in [0.1, 0.15) is 16.1 Å². The molecule has 0 atom stereocenters. The van der Waals surface area contributed by atoms with Crippen LogP contribution in [0.2, 0.25) is 5.15 Å². The molecule has 1 aromatic carbocycles. The lowest BCUT2D eigenvalue weighted by Crippen LogP contribution is -2.15. The number of carboxylic acids is 1. The Morgan fingerprint density at radius 3 is 2.83 bits per heavy atom. The summed E-state index contributed by atoms with van der Waals surface area (Å²) in [4.78, 5) is 27.4. The Morgan fingerprint density at radius 1 is 1.22 bits per heavy atom. The number of anilines is 1. The second-order valence-corrected chi connectivity index (χ2v) is 5.26. The summed E-state index contributed by atoms with van der Waals surface area (Å²) in [7, 11) is 0. The van der Waals surface area contributed by atoms with Crippen LogP contribution in [-0.4, -0.2) is 26.4 Å². The maximum atomic E-state index is 12.5. The standard InChI is InChI=1S/C16H12ClN3O3/c17-15-14(20-7-2-1-6-12(20)19-15)16(23)18-11-5-3-4-10(8-11)9-13(21)22/h1-8H,9H2,(H,18,23)(H,21,22). The lowest BCUT2D eigenvalue weighted by atomic mass is 10.1. The number of pyridine rings is 1. The molecule has 0 aliphatic rings. The lowest BCUT2D eigenvalue weighted by Gasteiger charge is -2.07. The molecule has 0 spiro atoms. The Balaban J connectivity index is 1.89. The van der Waals surface area contributed by atoms with Gasteiger partial charge in [0.1, 0.15) is 5.65 Å². The topological polar surface area (TPSA) is 83.7 Å². The number of benzene rings is 1. The molecule has 0 saturated heterocycles. The van der Waals surface area contributed by atoms with Crippen molar-refractivity contribution in [2.24, 2.45) is 0 Å². The Kier molecular flexibility index (Phi) is 3.99. The normalized spacial score (nSPS) is 10.7. The molecule has 3 rings (SSSR count). The average molecular weight is 330 g/mol. The molecule has 116 valence electrons. The molecule has 1 amide bonds. The van der Waals surface area contributed by atoms with Gasteiger partial charge < -0.3 is 10.4 Å². The monoisotopic (exact) mass is 329 g/mol. The van der Waals surface area contributed by atoms with Crippen LogP contribution in [0.15, 0.2) is 48.7 Å². The molecule has 0 fully saturated rings. The fourth-order valence-electron chi connectivity index (χ4n) is 2.29. The van der Waals surface area contributed by atoms with Crippen molar-refractivity contribution in [1.82, 2.24) is 9.38 Å². The molecule has 2 heterocycles. The number of halogens is 1. The second-order valence-electron chi connectivity index (χ2n) is 4.91. The number of hydrogen-bond acceptors (Lipinski definition) is 3. The van der Waals surface area contributed by atoms with Crippen LogP contribution in [0.3, 0.4) is 0 Å². The fraction of sp³-hybridized carbons (Fsp3) is 0.0625. The van der Waals surface area contributed by atoms with Gasteiger partial charge in [-0.1, -0.05) is 29.8 Å². The van der Waals surface area contributed by atoms with Crippen LogP contribution in [-0.2, 0) is 11.2 Å². The van der Waals surface area contributed by atoms with Gasteiger partial charge in [-0.3, -0.25) is 14.0 Å². The molecule has 0 unspecified atom stereocenters. The minimum atomic E-state index is -0.932. The number of carboxylic acid groups (broad SMARTS) is 1. The predicted molar refractivity (Wildman–Crippen MR) is 85.9 cm³/mol. The fourth-order valence-corrected chi connectivity index (χ4v) is 2.56. The van der Waals surface area contributed by atoms with Crippen LogP contribution < -0.4 is 5.32 Å². The number of hydrogen-bond donors (Lipinski definition) is 2. The third kappa shape index (κ3) is 3.17. The zero-order valence-electron chi connectivity index (χ0n) is 11.9. The van der Waals surface area contributed by atoms with Crippen LogP contribution >= 0.6 is 11.6 Å². The zero-order chi connectivity index (χ0) is 16.4. The number of rotatable bonds is 4. The van der Waals surface area contributed by atoms with E-state index >= 15 is 0 Å². The summed E-state index contributed by atoms with van der Waals surface area (Å²) < 4.78 is 1.60. The number of nitrogens with zero attached hydrogens (tertiary/aromatic N) is 2. The van der Waals surface area contributed by atoms with Crippen LogP contribution in [0.4, 0.5) is 5.69 Å². The van der Waals surface area contributed by atoms with E-state index in [1.165, 1.54) is 0 Å².